The molecule has 1 heterocycles. The van der Waals surface area contributed by atoms with Crippen molar-refractivity contribution in [1.82, 2.24) is 0 Å². The zero-order chi connectivity index (χ0) is 13.3. The number of thiophene rings is 1. The van der Waals surface area contributed by atoms with Gasteiger partial charge in [0.1, 0.15) is 4.34 Å². The van der Waals surface area contributed by atoms with Crippen LogP contribution >= 0.6 is 38.9 Å². The Morgan fingerprint density at radius 2 is 2.11 bits per heavy atom. The molecule has 0 saturated heterocycles. The molecule has 1 nitrogen and oxygen atoms in total. The summed E-state index contributed by atoms with van der Waals surface area (Å²) in [5, 5.41) is 0. The van der Waals surface area contributed by atoms with E-state index in [9.17, 15) is 4.79 Å². The van der Waals surface area contributed by atoms with E-state index >= 15 is 0 Å². The molecule has 4 heteroatoms. The number of carbonyl (C=O) groups excluding carboxylic acids is 1. The summed E-state index contributed by atoms with van der Waals surface area (Å²) in [5.41, 5.74) is -0.123. The van der Waals surface area contributed by atoms with Gasteiger partial charge in [-0.25, -0.2) is 0 Å². The molecule has 1 aliphatic rings. The van der Waals surface area contributed by atoms with E-state index in [4.69, 9.17) is 11.6 Å². The molecule has 0 aromatic carbocycles. The van der Waals surface area contributed by atoms with Gasteiger partial charge in [0.15, 0.2) is 5.78 Å². The lowest BCUT2D eigenvalue weighted by Crippen LogP contribution is -2.29. The maximum absolute atomic E-state index is 12.8. The van der Waals surface area contributed by atoms with Crippen molar-refractivity contribution in [3.8, 4) is 0 Å². The van der Waals surface area contributed by atoms with Crippen molar-refractivity contribution >= 4 is 44.7 Å². The Morgan fingerprint density at radius 3 is 2.56 bits per heavy atom. The minimum absolute atomic E-state index is 0.123. The Labute approximate surface area is 126 Å². The average molecular weight is 350 g/mol. The second kappa shape index (κ2) is 5.64. The van der Waals surface area contributed by atoms with E-state index in [1.807, 2.05) is 6.07 Å². The Kier molecular flexibility index (Phi) is 4.56. The van der Waals surface area contributed by atoms with Gasteiger partial charge in [-0.1, -0.05) is 38.3 Å². The summed E-state index contributed by atoms with van der Waals surface area (Å²) < 4.78 is 1.52. The second-order valence-electron chi connectivity index (χ2n) is 5.65. The maximum atomic E-state index is 12.8. The van der Waals surface area contributed by atoms with Crippen LogP contribution in [0.15, 0.2) is 10.5 Å². The SMILES string of the molecule is CC(C)CC1(C(=O)c2cc(Br)c(Cl)s2)CCCC1. The smallest absolute Gasteiger partial charge is 0.179 e. The van der Waals surface area contributed by atoms with E-state index in [-0.39, 0.29) is 5.41 Å². The number of hydrogen-bond acceptors (Lipinski definition) is 2. The van der Waals surface area contributed by atoms with Crippen molar-refractivity contribution in [3.05, 3.63) is 19.8 Å². The van der Waals surface area contributed by atoms with Crippen LogP contribution in [-0.4, -0.2) is 5.78 Å². The lowest BCUT2D eigenvalue weighted by molar-refractivity contribution is 0.0764. The molecule has 18 heavy (non-hydrogen) atoms. The fourth-order valence-electron chi connectivity index (χ4n) is 3.08. The molecule has 1 saturated carbocycles. The first-order valence-corrected chi connectivity index (χ1v) is 8.43. The number of rotatable bonds is 4. The summed E-state index contributed by atoms with van der Waals surface area (Å²) >= 11 is 10.8. The minimum Gasteiger partial charge on any atom is -0.293 e. The molecular weight excluding hydrogens is 332 g/mol. The summed E-state index contributed by atoms with van der Waals surface area (Å²) in [5.74, 6) is 0.872. The van der Waals surface area contributed by atoms with Crippen molar-refractivity contribution in [2.75, 3.05) is 0 Å². The molecule has 0 aliphatic heterocycles. The highest BCUT2D eigenvalue weighted by Gasteiger charge is 2.42. The first-order chi connectivity index (χ1) is 8.44. The Bertz CT molecular complexity index is 427. The average Bonchev–Trinajstić information content (AvgIpc) is 2.86. The largest absolute Gasteiger partial charge is 0.293 e. The van der Waals surface area contributed by atoms with Crippen molar-refractivity contribution in [2.45, 2.75) is 46.0 Å². The van der Waals surface area contributed by atoms with E-state index in [1.165, 1.54) is 24.2 Å². The molecule has 0 spiro atoms. The third-order valence-electron chi connectivity index (χ3n) is 3.71. The monoisotopic (exact) mass is 348 g/mol. The van der Waals surface area contributed by atoms with Gasteiger partial charge >= 0.3 is 0 Å². The quantitative estimate of drug-likeness (QED) is 0.613. The van der Waals surface area contributed by atoms with Gasteiger partial charge in [-0.2, -0.15) is 0 Å². The van der Waals surface area contributed by atoms with Gasteiger partial charge in [-0.15, -0.1) is 11.3 Å². The van der Waals surface area contributed by atoms with Gasteiger partial charge in [0.2, 0.25) is 0 Å². The van der Waals surface area contributed by atoms with Gasteiger partial charge in [-0.3, -0.25) is 4.79 Å². The molecule has 1 aromatic heterocycles. The minimum atomic E-state index is -0.123. The number of hydrogen-bond donors (Lipinski definition) is 0. The second-order valence-corrected chi connectivity index (χ2v) is 8.16. The van der Waals surface area contributed by atoms with Crippen LogP contribution in [0.1, 0.15) is 55.6 Å². The molecule has 0 amide bonds. The third-order valence-corrected chi connectivity index (χ3v) is 6.18. The maximum Gasteiger partial charge on any atom is 0.179 e. The van der Waals surface area contributed by atoms with Crippen molar-refractivity contribution in [2.24, 2.45) is 11.3 Å². The van der Waals surface area contributed by atoms with Crippen LogP contribution in [0.4, 0.5) is 0 Å². The highest BCUT2D eigenvalue weighted by molar-refractivity contribution is 9.10. The van der Waals surface area contributed by atoms with Crippen LogP contribution in [0, 0.1) is 11.3 Å². The first-order valence-electron chi connectivity index (χ1n) is 6.44. The summed E-state index contributed by atoms with van der Waals surface area (Å²) in [6.07, 6.45) is 5.44. The molecular formula is C14H18BrClOS. The lowest BCUT2D eigenvalue weighted by Gasteiger charge is -2.28. The number of carbonyl (C=O) groups is 1. The van der Waals surface area contributed by atoms with E-state index in [0.29, 0.717) is 16.0 Å². The molecule has 100 valence electrons. The van der Waals surface area contributed by atoms with Gasteiger partial charge in [-0.05, 0) is 47.2 Å². The molecule has 1 aliphatic carbocycles. The van der Waals surface area contributed by atoms with Crippen LogP contribution in [0.3, 0.4) is 0 Å². The van der Waals surface area contributed by atoms with Crippen LogP contribution in [0.25, 0.3) is 0 Å². The van der Waals surface area contributed by atoms with E-state index < -0.39 is 0 Å². The predicted molar refractivity (Wildman–Crippen MR) is 81.7 cm³/mol. The van der Waals surface area contributed by atoms with Gasteiger partial charge in [0.25, 0.3) is 0 Å². The zero-order valence-corrected chi connectivity index (χ0v) is 13.9. The number of Topliss-reactive ketones (excluding diaryl/α,β-unsaturated/α-hetero) is 1. The summed E-state index contributed by atoms with van der Waals surface area (Å²) in [7, 11) is 0. The number of ketones is 1. The molecule has 0 radical (unpaired) electrons. The molecule has 1 fully saturated rings. The zero-order valence-electron chi connectivity index (χ0n) is 10.8. The summed E-state index contributed by atoms with van der Waals surface area (Å²) in [4.78, 5) is 13.6. The highest BCUT2D eigenvalue weighted by atomic mass is 79.9. The van der Waals surface area contributed by atoms with Gasteiger partial charge < -0.3 is 0 Å². The summed E-state index contributed by atoms with van der Waals surface area (Å²) in [6.45, 7) is 4.40. The van der Waals surface area contributed by atoms with Gasteiger partial charge in [0, 0.05) is 9.89 Å². The first kappa shape index (κ1) is 14.5. The lowest BCUT2D eigenvalue weighted by atomic mass is 9.74. The van der Waals surface area contributed by atoms with Gasteiger partial charge in [0.05, 0.1) is 4.88 Å². The third kappa shape index (κ3) is 2.83. The molecule has 1 aromatic rings. The molecule has 0 N–H and O–H groups in total. The Hall–Kier alpha value is 0.140. The normalized spacial score (nSPS) is 18.5. The van der Waals surface area contributed by atoms with E-state index in [1.54, 1.807) is 0 Å². The topological polar surface area (TPSA) is 17.1 Å². The predicted octanol–water partition coefficient (Wildman–Crippen LogP) is 5.95. The Morgan fingerprint density at radius 1 is 1.50 bits per heavy atom. The fourth-order valence-corrected chi connectivity index (χ4v) is 4.84. The number of halogens is 2. The molecule has 0 bridgehead atoms. The molecule has 2 rings (SSSR count). The standard InChI is InChI=1S/C14H18BrClOS/c1-9(2)8-14(5-3-4-6-14)12(17)11-7-10(15)13(16)18-11/h7,9H,3-6,8H2,1-2H3. The van der Waals surface area contributed by atoms with Crippen LogP contribution in [0.5, 0.6) is 0 Å². The van der Waals surface area contributed by atoms with Crippen LogP contribution < -0.4 is 0 Å². The van der Waals surface area contributed by atoms with Crippen molar-refractivity contribution in [1.29, 1.82) is 0 Å². The van der Waals surface area contributed by atoms with E-state index in [0.717, 1.165) is 28.6 Å². The van der Waals surface area contributed by atoms with Crippen LogP contribution in [-0.2, 0) is 0 Å². The Balaban J connectivity index is 2.28. The highest BCUT2D eigenvalue weighted by Crippen LogP contribution is 2.47. The van der Waals surface area contributed by atoms with E-state index in [2.05, 4.69) is 29.8 Å². The van der Waals surface area contributed by atoms with Crippen molar-refractivity contribution in [3.63, 3.8) is 0 Å². The van der Waals surface area contributed by atoms with Crippen LogP contribution in [0.2, 0.25) is 4.34 Å². The fraction of sp³-hybridized carbons (Fsp3) is 0.643. The molecule has 0 atom stereocenters. The van der Waals surface area contributed by atoms with Crippen molar-refractivity contribution < 1.29 is 4.79 Å². The molecule has 0 unspecified atom stereocenters. The summed E-state index contributed by atoms with van der Waals surface area (Å²) in [6, 6.07) is 1.88.